The molecule has 2 aromatic rings. The fraction of sp³-hybridized carbons (Fsp3) is 0.235. The number of nitrogens with zero attached hydrogens (tertiary/aromatic N) is 2. The lowest BCUT2D eigenvalue weighted by molar-refractivity contribution is -0.385. The zero-order valence-electron chi connectivity index (χ0n) is 13.5. The summed E-state index contributed by atoms with van der Waals surface area (Å²) in [4.78, 5) is 24.2. The van der Waals surface area contributed by atoms with E-state index in [1.807, 2.05) is 0 Å². The maximum Gasteiger partial charge on any atom is 0.282 e. The first-order valence-corrected chi connectivity index (χ1v) is 7.28. The number of hydrogen-bond acceptors (Lipinski definition) is 5. The van der Waals surface area contributed by atoms with E-state index >= 15 is 0 Å². The van der Waals surface area contributed by atoms with Crippen molar-refractivity contribution in [3.8, 4) is 11.5 Å². The molecule has 0 atom stereocenters. The van der Waals surface area contributed by atoms with Crippen molar-refractivity contribution in [1.29, 1.82) is 0 Å². The minimum absolute atomic E-state index is 0.0643. The number of hydrogen-bond donors (Lipinski definition) is 0. The van der Waals surface area contributed by atoms with Crippen LogP contribution in [0.5, 0.6) is 11.5 Å². The Labute approximate surface area is 139 Å². The molecule has 0 spiro atoms. The van der Waals surface area contributed by atoms with Gasteiger partial charge >= 0.3 is 0 Å². The molecule has 0 heterocycles. The van der Waals surface area contributed by atoms with E-state index in [1.54, 1.807) is 44.5 Å². The van der Waals surface area contributed by atoms with Gasteiger partial charge in [-0.25, -0.2) is 0 Å². The van der Waals surface area contributed by atoms with Crippen LogP contribution in [0.3, 0.4) is 0 Å². The minimum Gasteiger partial charge on any atom is -0.497 e. The largest absolute Gasteiger partial charge is 0.497 e. The lowest BCUT2D eigenvalue weighted by Crippen LogP contribution is -2.31. The lowest BCUT2D eigenvalue weighted by atomic mass is 10.1. The van der Waals surface area contributed by atoms with E-state index in [-0.39, 0.29) is 17.9 Å². The van der Waals surface area contributed by atoms with E-state index in [9.17, 15) is 14.9 Å². The van der Waals surface area contributed by atoms with Gasteiger partial charge in [-0.05, 0) is 30.3 Å². The van der Waals surface area contributed by atoms with Crippen LogP contribution in [0.25, 0.3) is 0 Å². The molecule has 0 unspecified atom stereocenters. The Morgan fingerprint density at radius 1 is 1.12 bits per heavy atom. The first kappa shape index (κ1) is 17.3. The lowest BCUT2D eigenvalue weighted by Gasteiger charge is -2.17. The zero-order valence-corrected chi connectivity index (χ0v) is 13.5. The number of likely N-dealkylation sites (N-methyl/N-ethyl adjacent to an activating group) is 1. The van der Waals surface area contributed by atoms with Gasteiger partial charge in [-0.1, -0.05) is 12.1 Å². The third-order valence-electron chi connectivity index (χ3n) is 3.43. The van der Waals surface area contributed by atoms with Crippen LogP contribution in [0.15, 0.2) is 48.5 Å². The van der Waals surface area contributed by atoms with Crippen LogP contribution in [-0.2, 0) is 0 Å². The van der Waals surface area contributed by atoms with E-state index in [0.29, 0.717) is 12.3 Å². The van der Waals surface area contributed by atoms with Crippen molar-refractivity contribution in [1.82, 2.24) is 4.90 Å². The first-order valence-electron chi connectivity index (χ1n) is 7.28. The van der Waals surface area contributed by atoms with E-state index < -0.39 is 10.8 Å². The number of methoxy groups -OCH3 is 1. The normalized spacial score (nSPS) is 10.1. The summed E-state index contributed by atoms with van der Waals surface area (Å²) in [5.74, 6) is 0.967. The second-order valence-electron chi connectivity index (χ2n) is 5.02. The topological polar surface area (TPSA) is 81.9 Å². The number of carbonyl (C=O) groups is 1. The highest BCUT2D eigenvalue weighted by Gasteiger charge is 2.21. The number of rotatable bonds is 7. The van der Waals surface area contributed by atoms with Crippen LogP contribution in [0.4, 0.5) is 5.69 Å². The van der Waals surface area contributed by atoms with Crippen molar-refractivity contribution in [2.45, 2.75) is 0 Å². The van der Waals surface area contributed by atoms with Crippen molar-refractivity contribution in [2.24, 2.45) is 0 Å². The van der Waals surface area contributed by atoms with Gasteiger partial charge in [-0.2, -0.15) is 0 Å². The summed E-state index contributed by atoms with van der Waals surface area (Å²) >= 11 is 0. The van der Waals surface area contributed by atoms with Crippen LogP contribution in [0.2, 0.25) is 0 Å². The SMILES string of the molecule is COc1ccc(OCCN(C)C(=O)c2ccccc2[N+](=O)[O-])cc1. The molecule has 126 valence electrons. The Morgan fingerprint density at radius 2 is 1.75 bits per heavy atom. The van der Waals surface area contributed by atoms with Crippen molar-refractivity contribution >= 4 is 11.6 Å². The average Bonchev–Trinajstić information content (AvgIpc) is 2.61. The number of ether oxygens (including phenoxy) is 2. The van der Waals surface area contributed by atoms with Gasteiger partial charge in [-0.3, -0.25) is 14.9 Å². The van der Waals surface area contributed by atoms with Crippen molar-refractivity contribution in [3.63, 3.8) is 0 Å². The summed E-state index contributed by atoms with van der Waals surface area (Å²) in [6, 6.07) is 13.0. The number of nitro benzene ring substituents is 1. The molecule has 0 N–H and O–H groups in total. The molecule has 0 bridgehead atoms. The Morgan fingerprint density at radius 3 is 2.38 bits per heavy atom. The van der Waals surface area contributed by atoms with Gasteiger partial charge in [-0.15, -0.1) is 0 Å². The summed E-state index contributed by atoms with van der Waals surface area (Å²) in [5, 5.41) is 11.0. The quantitative estimate of drug-likeness (QED) is 0.576. The fourth-order valence-corrected chi connectivity index (χ4v) is 2.09. The van der Waals surface area contributed by atoms with Crippen LogP contribution < -0.4 is 9.47 Å². The van der Waals surface area contributed by atoms with E-state index in [4.69, 9.17) is 9.47 Å². The van der Waals surface area contributed by atoms with Crippen LogP contribution in [0.1, 0.15) is 10.4 Å². The van der Waals surface area contributed by atoms with Gasteiger partial charge in [0, 0.05) is 13.1 Å². The third kappa shape index (κ3) is 4.22. The predicted molar refractivity (Wildman–Crippen MR) is 88.5 cm³/mol. The number of benzene rings is 2. The molecule has 0 aliphatic carbocycles. The second-order valence-corrected chi connectivity index (χ2v) is 5.02. The molecule has 0 aliphatic heterocycles. The Bertz CT molecular complexity index is 715. The van der Waals surface area contributed by atoms with Gasteiger partial charge in [0.25, 0.3) is 11.6 Å². The van der Waals surface area contributed by atoms with E-state index in [2.05, 4.69) is 0 Å². The minimum atomic E-state index is -0.561. The second kappa shape index (κ2) is 7.96. The number of nitro groups is 1. The molecule has 0 saturated carbocycles. The molecule has 24 heavy (non-hydrogen) atoms. The molecule has 0 aromatic heterocycles. The number of carbonyl (C=O) groups excluding carboxylic acids is 1. The summed E-state index contributed by atoms with van der Waals surface area (Å²) in [6.45, 7) is 0.576. The molecular formula is C17H18N2O5. The highest BCUT2D eigenvalue weighted by atomic mass is 16.6. The molecule has 0 radical (unpaired) electrons. The third-order valence-corrected chi connectivity index (χ3v) is 3.43. The van der Waals surface area contributed by atoms with E-state index in [0.717, 1.165) is 5.75 Å². The van der Waals surface area contributed by atoms with Gasteiger partial charge in [0.2, 0.25) is 0 Å². The first-order chi connectivity index (χ1) is 11.5. The molecule has 0 saturated heterocycles. The van der Waals surface area contributed by atoms with E-state index in [1.165, 1.54) is 23.1 Å². The maximum absolute atomic E-state index is 12.3. The Kier molecular flexibility index (Phi) is 5.73. The molecule has 7 heteroatoms. The molecule has 1 amide bonds. The number of para-hydroxylation sites is 1. The summed E-state index contributed by atoms with van der Waals surface area (Å²) < 4.78 is 10.6. The summed E-state index contributed by atoms with van der Waals surface area (Å²) in [5.41, 5.74) is -0.139. The molecule has 0 aliphatic rings. The summed E-state index contributed by atoms with van der Waals surface area (Å²) in [6.07, 6.45) is 0. The average molecular weight is 330 g/mol. The standard InChI is InChI=1S/C17H18N2O5/c1-18(11-12-24-14-9-7-13(23-2)8-10-14)17(20)15-5-3-4-6-16(15)19(21)22/h3-10H,11-12H2,1-2H3. The van der Waals surface area contributed by atoms with Gasteiger partial charge in [0.05, 0.1) is 18.6 Å². The molecule has 2 rings (SSSR count). The molecule has 0 fully saturated rings. The van der Waals surface area contributed by atoms with Crippen molar-refractivity contribution in [3.05, 3.63) is 64.2 Å². The summed E-state index contributed by atoms with van der Waals surface area (Å²) in [7, 11) is 3.16. The molecular weight excluding hydrogens is 312 g/mol. The predicted octanol–water partition coefficient (Wildman–Crippen LogP) is 2.75. The Balaban J connectivity index is 1.93. The smallest absolute Gasteiger partial charge is 0.282 e. The van der Waals surface area contributed by atoms with Crippen molar-refractivity contribution in [2.75, 3.05) is 27.3 Å². The zero-order chi connectivity index (χ0) is 17.5. The highest BCUT2D eigenvalue weighted by molar-refractivity contribution is 5.97. The highest BCUT2D eigenvalue weighted by Crippen LogP contribution is 2.19. The van der Waals surface area contributed by atoms with Crippen molar-refractivity contribution < 1.29 is 19.2 Å². The fourth-order valence-electron chi connectivity index (χ4n) is 2.09. The Hall–Kier alpha value is -3.09. The van der Waals surface area contributed by atoms with Gasteiger partial charge in [0.15, 0.2) is 0 Å². The van der Waals surface area contributed by atoms with Crippen LogP contribution in [-0.4, -0.2) is 43.0 Å². The molecule has 2 aromatic carbocycles. The molecule has 7 nitrogen and oxygen atoms in total. The maximum atomic E-state index is 12.3. The monoisotopic (exact) mass is 330 g/mol. The van der Waals surface area contributed by atoms with Gasteiger partial charge in [0.1, 0.15) is 23.7 Å². The van der Waals surface area contributed by atoms with Crippen LogP contribution >= 0.6 is 0 Å². The number of amides is 1. The van der Waals surface area contributed by atoms with Crippen LogP contribution in [0, 0.1) is 10.1 Å². The van der Waals surface area contributed by atoms with Gasteiger partial charge < -0.3 is 14.4 Å².